The third kappa shape index (κ3) is 4.90. The molecular weight excluding hydrogens is 496 g/mol. The summed E-state index contributed by atoms with van der Waals surface area (Å²) < 4.78 is 1.57. The Balaban J connectivity index is 1.23. The van der Waals surface area contributed by atoms with Crippen molar-refractivity contribution in [2.75, 3.05) is 18.5 Å². The topological polar surface area (TPSA) is 155 Å². The summed E-state index contributed by atoms with van der Waals surface area (Å²) in [6.45, 7) is 2.24. The van der Waals surface area contributed by atoms with Crippen LogP contribution >= 0.6 is 11.3 Å². The number of anilines is 1. The number of carbonyl (C=O) groups is 3. The molecule has 190 valence electrons. The first-order chi connectivity index (χ1) is 17.8. The number of fused-ring (bicyclic) bond motifs is 2. The molecule has 1 aliphatic rings. The molecular formula is C24H24N8O4S. The van der Waals surface area contributed by atoms with Crippen molar-refractivity contribution in [3.8, 4) is 0 Å². The highest BCUT2D eigenvalue weighted by atomic mass is 32.1. The first kappa shape index (κ1) is 24.5. The van der Waals surface area contributed by atoms with Gasteiger partial charge in [0.05, 0.1) is 23.8 Å². The molecule has 3 aromatic heterocycles. The number of aromatic nitrogens is 5. The Morgan fingerprint density at radius 3 is 2.78 bits per heavy atom. The third-order valence-corrected chi connectivity index (χ3v) is 7.35. The number of hydrogen-bond donors (Lipinski definition) is 3. The molecule has 1 aliphatic heterocycles. The van der Waals surface area contributed by atoms with Crippen LogP contribution in [0, 0.1) is 0 Å². The van der Waals surface area contributed by atoms with E-state index in [1.807, 2.05) is 12.1 Å². The molecule has 0 saturated heterocycles. The van der Waals surface area contributed by atoms with Crippen LogP contribution in [0.15, 0.2) is 36.9 Å². The van der Waals surface area contributed by atoms with Gasteiger partial charge in [0.15, 0.2) is 5.65 Å². The molecule has 4 heterocycles. The second-order valence-electron chi connectivity index (χ2n) is 8.65. The summed E-state index contributed by atoms with van der Waals surface area (Å²) in [5.74, 6) is -0.984. The molecule has 0 spiro atoms. The predicted molar refractivity (Wildman–Crippen MR) is 135 cm³/mol. The van der Waals surface area contributed by atoms with Crippen LogP contribution < -0.4 is 10.6 Å². The summed E-state index contributed by atoms with van der Waals surface area (Å²) in [6.07, 6.45) is 5.00. The van der Waals surface area contributed by atoms with E-state index in [2.05, 4.69) is 30.7 Å². The lowest BCUT2D eigenvalue weighted by Gasteiger charge is -2.28. The second-order valence-corrected chi connectivity index (χ2v) is 9.71. The van der Waals surface area contributed by atoms with Crippen LogP contribution in [0.3, 0.4) is 0 Å². The summed E-state index contributed by atoms with van der Waals surface area (Å²) in [7, 11) is 1.74. The Labute approximate surface area is 215 Å². The molecule has 12 nitrogen and oxygen atoms in total. The Morgan fingerprint density at radius 2 is 1.97 bits per heavy atom. The molecule has 13 heteroatoms. The number of aryl methyl sites for hydroxylation is 1. The van der Waals surface area contributed by atoms with E-state index in [4.69, 9.17) is 5.11 Å². The van der Waals surface area contributed by atoms with Gasteiger partial charge in [0.2, 0.25) is 5.91 Å². The molecule has 0 saturated carbocycles. The third-order valence-electron chi connectivity index (χ3n) is 6.17. The van der Waals surface area contributed by atoms with Crippen LogP contribution in [-0.2, 0) is 24.8 Å². The monoisotopic (exact) mass is 520 g/mol. The van der Waals surface area contributed by atoms with E-state index < -0.39 is 12.6 Å². The molecule has 1 atom stereocenters. The van der Waals surface area contributed by atoms with Crippen molar-refractivity contribution in [2.24, 2.45) is 7.05 Å². The van der Waals surface area contributed by atoms with Crippen LogP contribution in [0.4, 0.5) is 5.69 Å². The van der Waals surface area contributed by atoms with Crippen LogP contribution in [0.5, 0.6) is 0 Å². The average Bonchev–Trinajstić information content (AvgIpc) is 3.55. The SMILES string of the molecule is CC(NC(=O)c1ncnc2c1cnn2C)c1ncc(C(=O)Nc2ccc3c(c2)CCN(C(=O)CO)C3)s1. The lowest BCUT2D eigenvalue weighted by Crippen LogP contribution is -2.37. The van der Waals surface area contributed by atoms with Gasteiger partial charge in [-0.05, 0) is 36.6 Å². The minimum absolute atomic E-state index is 0.218. The fourth-order valence-electron chi connectivity index (χ4n) is 4.20. The van der Waals surface area contributed by atoms with Gasteiger partial charge >= 0.3 is 0 Å². The summed E-state index contributed by atoms with van der Waals surface area (Å²) in [6, 6.07) is 5.12. The minimum Gasteiger partial charge on any atom is -0.387 e. The first-order valence-electron chi connectivity index (χ1n) is 11.5. The fraction of sp³-hybridized carbons (Fsp3) is 0.292. The zero-order chi connectivity index (χ0) is 26.1. The molecule has 1 aromatic carbocycles. The highest BCUT2D eigenvalue weighted by Gasteiger charge is 2.22. The van der Waals surface area contributed by atoms with Gasteiger partial charge in [-0.2, -0.15) is 5.10 Å². The molecule has 4 aromatic rings. The molecule has 0 bridgehead atoms. The first-order valence-corrected chi connectivity index (χ1v) is 12.4. The Bertz CT molecular complexity index is 1510. The smallest absolute Gasteiger partial charge is 0.271 e. The number of aliphatic hydroxyl groups is 1. The van der Waals surface area contributed by atoms with E-state index in [1.54, 1.807) is 35.8 Å². The van der Waals surface area contributed by atoms with Gasteiger partial charge in [-0.1, -0.05) is 6.07 Å². The van der Waals surface area contributed by atoms with Crippen molar-refractivity contribution in [3.05, 3.63) is 63.6 Å². The maximum atomic E-state index is 12.9. The Kier molecular flexibility index (Phi) is 6.63. The second kappa shape index (κ2) is 10.0. The molecule has 0 fully saturated rings. The number of benzene rings is 1. The van der Waals surface area contributed by atoms with Crippen molar-refractivity contribution in [2.45, 2.75) is 25.9 Å². The Morgan fingerprint density at radius 1 is 1.14 bits per heavy atom. The standard InChI is InChI=1S/C24H24N8O4S/c1-13(29-23(36)20-17-8-28-31(2)21(17)27-12-26-20)24-25-9-18(37-24)22(35)30-16-4-3-15-10-32(19(34)11-33)6-5-14(15)7-16/h3-4,7-9,12-13,33H,5-6,10-11H2,1-2H3,(H,29,36)(H,30,35). The number of amides is 3. The zero-order valence-electron chi connectivity index (χ0n) is 20.1. The maximum absolute atomic E-state index is 12.9. The van der Waals surface area contributed by atoms with Gasteiger partial charge < -0.3 is 20.6 Å². The predicted octanol–water partition coefficient (Wildman–Crippen LogP) is 1.44. The number of carbonyl (C=O) groups excluding carboxylic acids is 3. The van der Waals surface area contributed by atoms with E-state index in [9.17, 15) is 14.4 Å². The van der Waals surface area contributed by atoms with Gasteiger partial charge in [0, 0.05) is 25.8 Å². The van der Waals surface area contributed by atoms with Crippen LogP contribution in [0.2, 0.25) is 0 Å². The van der Waals surface area contributed by atoms with Crippen molar-refractivity contribution >= 4 is 45.8 Å². The number of rotatable bonds is 6. The van der Waals surface area contributed by atoms with E-state index in [-0.39, 0.29) is 23.4 Å². The van der Waals surface area contributed by atoms with E-state index in [0.29, 0.717) is 46.1 Å². The summed E-state index contributed by atoms with van der Waals surface area (Å²) in [5, 5.41) is 20.1. The van der Waals surface area contributed by atoms with Gasteiger partial charge in [-0.15, -0.1) is 11.3 Å². The van der Waals surface area contributed by atoms with Crippen molar-refractivity contribution in [1.29, 1.82) is 0 Å². The quantitative estimate of drug-likeness (QED) is 0.345. The van der Waals surface area contributed by atoms with Crippen LogP contribution in [0.1, 0.15) is 49.3 Å². The summed E-state index contributed by atoms with van der Waals surface area (Å²) >= 11 is 1.19. The minimum atomic E-state index is -0.502. The van der Waals surface area contributed by atoms with Crippen LogP contribution in [-0.4, -0.2) is 65.6 Å². The number of nitrogens with zero attached hydrogens (tertiary/aromatic N) is 6. The van der Waals surface area contributed by atoms with E-state index >= 15 is 0 Å². The molecule has 1 unspecified atom stereocenters. The van der Waals surface area contributed by atoms with Gasteiger partial charge in [0.25, 0.3) is 11.8 Å². The zero-order valence-corrected chi connectivity index (χ0v) is 20.9. The Hall–Kier alpha value is -4.23. The highest BCUT2D eigenvalue weighted by Crippen LogP contribution is 2.25. The largest absolute Gasteiger partial charge is 0.387 e. The van der Waals surface area contributed by atoms with E-state index in [1.165, 1.54) is 23.9 Å². The molecule has 3 amide bonds. The van der Waals surface area contributed by atoms with Gasteiger partial charge in [-0.3, -0.25) is 19.1 Å². The maximum Gasteiger partial charge on any atom is 0.271 e. The van der Waals surface area contributed by atoms with Crippen molar-refractivity contribution in [3.63, 3.8) is 0 Å². The normalized spacial score (nSPS) is 13.8. The highest BCUT2D eigenvalue weighted by molar-refractivity contribution is 7.13. The van der Waals surface area contributed by atoms with Crippen LogP contribution in [0.25, 0.3) is 11.0 Å². The van der Waals surface area contributed by atoms with Crippen molar-refractivity contribution < 1.29 is 19.5 Å². The fourth-order valence-corrected chi connectivity index (χ4v) is 5.01. The summed E-state index contributed by atoms with van der Waals surface area (Å²) in [5.41, 5.74) is 3.46. The molecule has 5 rings (SSSR count). The molecule has 0 aliphatic carbocycles. The number of aliphatic hydroxyl groups excluding tert-OH is 1. The lowest BCUT2D eigenvalue weighted by molar-refractivity contribution is -0.135. The lowest BCUT2D eigenvalue weighted by atomic mass is 9.99. The molecule has 3 N–H and O–H groups in total. The van der Waals surface area contributed by atoms with E-state index in [0.717, 1.165) is 11.1 Å². The molecule has 0 radical (unpaired) electrons. The summed E-state index contributed by atoms with van der Waals surface area (Å²) in [4.78, 5) is 52.1. The van der Waals surface area contributed by atoms with Gasteiger partial charge in [0.1, 0.15) is 28.5 Å². The number of nitrogens with one attached hydrogen (secondary N) is 2. The van der Waals surface area contributed by atoms with Gasteiger partial charge in [-0.25, -0.2) is 15.0 Å². The molecule has 37 heavy (non-hydrogen) atoms. The number of hydrogen-bond acceptors (Lipinski definition) is 9. The average molecular weight is 521 g/mol. The number of thiazole rings is 1. The van der Waals surface area contributed by atoms with Crippen molar-refractivity contribution in [1.82, 2.24) is 34.9 Å².